The average molecular weight is 349 g/mol. The lowest BCUT2D eigenvalue weighted by atomic mass is 9.75. The number of nitrogens with zero attached hydrogens (tertiary/aromatic N) is 3. The highest BCUT2D eigenvalue weighted by atomic mass is 16.5. The second-order valence-electron chi connectivity index (χ2n) is 8.23. The third-order valence-corrected chi connectivity index (χ3v) is 7.26. The van der Waals surface area contributed by atoms with Crippen molar-refractivity contribution in [3.8, 4) is 0 Å². The summed E-state index contributed by atoms with van der Waals surface area (Å²) in [7, 11) is 1.48. The minimum absolute atomic E-state index is 0.165. The van der Waals surface area contributed by atoms with Crippen LogP contribution in [0.1, 0.15) is 33.1 Å². The molecule has 3 saturated heterocycles. The number of rotatable bonds is 4. The van der Waals surface area contributed by atoms with E-state index >= 15 is 0 Å². The van der Waals surface area contributed by atoms with E-state index in [1.165, 1.54) is 13.5 Å². The van der Waals surface area contributed by atoms with Crippen molar-refractivity contribution in [3.05, 3.63) is 0 Å². The topological polar surface area (TPSA) is 53.1 Å². The highest BCUT2D eigenvalue weighted by Crippen LogP contribution is 2.54. The molecular formula is C19H31N3O3. The number of amides is 2. The largest absolute Gasteiger partial charge is 0.453 e. The Hall–Kier alpha value is -1.30. The van der Waals surface area contributed by atoms with Crippen LogP contribution in [0.3, 0.4) is 0 Å². The van der Waals surface area contributed by atoms with Gasteiger partial charge in [-0.1, -0.05) is 0 Å². The summed E-state index contributed by atoms with van der Waals surface area (Å²) < 4.78 is 4.94. The van der Waals surface area contributed by atoms with Gasteiger partial charge in [0.2, 0.25) is 5.91 Å². The van der Waals surface area contributed by atoms with Crippen LogP contribution in [0.4, 0.5) is 4.79 Å². The number of hydrogen-bond donors (Lipinski definition) is 0. The van der Waals surface area contributed by atoms with E-state index in [1.807, 2.05) is 9.80 Å². The smallest absolute Gasteiger partial charge is 0.409 e. The van der Waals surface area contributed by atoms with E-state index in [-0.39, 0.29) is 12.0 Å². The zero-order valence-electron chi connectivity index (χ0n) is 15.7. The molecule has 25 heavy (non-hydrogen) atoms. The molecule has 6 heteroatoms. The molecular weight excluding hydrogens is 318 g/mol. The van der Waals surface area contributed by atoms with Gasteiger partial charge in [0, 0.05) is 50.7 Å². The van der Waals surface area contributed by atoms with Crippen LogP contribution in [0.5, 0.6) is 0 Å². The van der Waals surface area contributed by atoms with Gasteiger partial charge in [-0.15, -0.1) is 0 Å². The van der Waals surface area contributed by atoms with E-state index in [0.717, 1.165) is 45.6 Å². The first kappa shape index (κ1) is 17.1. The maximum absolute atomic E-state index is 12.6. The fourth-order valence-corrected chi connectivity index (χ4v) is 5.82. The SMILES string of the molecule is CCN(CC)C(=O)C1[C@H]2CN(C3CC4CCC3CN4C(=O)OC)C[C@@H]12. The zero-order chi connectivity index (χ0) is 17.7. The summed E-state index contributed by atoms with van der Waals surface area (Å²) in [6.45, 7) is 8.78. The lowest BCUT2D eigenvalue weighted by molar-refractivity contribution is -0.133. The number of ether oxygens (including phenoxy) is 1. The molecule has 0 aromatic carbocycles. The fourth-order valence-electron chi connectivity index (χ4n) is 5.82. The Bertz CT molecular complexity index is 538. The summed E-state index contributed by atoms with van der Waals surface area (Å²) in [5.74, 6) is 2.37. The molecule has 140 valence electrons. The molecule has 3 heterocycles. The van der Waals surface area contributed by atoms with Crippen molar-refractivity contribution in [2.75, 3.05) is 39.8 Å². The number of methoxy groups -OCH3 is 1. The lowest BCUT2D eigenvalue weighted by Crippen LogP contribution is -2.60. The predicted molar refractivity (Wildman–Crippen MR) is 94.0 cm³/mol. The van der Waals surface area contributed by atoms with Gasteiger partial charge in [0.15, 0.2) is 0 Å². The predicted octanol–water partition coefficient (Wildman–Crippen LogP) is 1.65. The molecule has 5 aliphatic rings. The monoisotopic (exact) mass is 349 g/mol. The second kappa shape index (κ2) is 6.45. The molecule has 3 aliphatic heterocycles. The van der Waals surface area contributed by atoms with Crippen molar-refractivity contribution < 1.29 is 14.3 Å². The van der Waals surface area contributed by atoms with E-state index in [9.17, 15) is 9.59 Å². The van der Waals surface area contributed by atoms with Gasteiger partial charge in [-0.25, -0.2) is 4.79 Å². The van der Waals surface area contributed by atoms with E-state index in [4.69, 9.17) is 4.74 Å². The van der Waals surface area contributed by atoms with Crippen LogP contribution in [-0.2, 0) is 9.53 Å². The lowest BCUT2D eigenvalue weighted by Gasteiger charge is -2.51. The van der Waals surface area contributed by atoms with Gasteiger partial charge in [0.25, 0.3) is 0 Å². The first-order valence-corrected chi connectivity index (χ1v) is 9.96. The van der Waals surface area contributed by atoms with E-state index in [1.54, 1.807) is 0 Å². The molecule has 6 atom stereocenters. The number of hydrogen-bond acceptors (Lipinski definition) is 4. The maximum Gasteiger partial charge on any atom is 0.409 e. The normalized spacial score (nSPS) is 39.2. The minimum Gasteiger partial charge on any atom is -0.453 e. The molecule has 4 unspecified atom stereocenters. The van der Waals surface area contributed by atoms with Gasteiger partial charge in [0.1, 0.15) is 0 Å². The number of likely N-dealkylation sites (tertiary alicyclic amines) is 1. The third kappa shape index (κ3) is 2.73. The Balaban J connectivity index is 1.34. The summed E-state index contributed by atoms with van der Waals surface area (Å²) in [6.07, 6.45) is 3.24. The van der Waals surface area contributed by atoms with Crippen molar-refractivity contribution in [2.24, 2.45) is 23.7 Å². The molecule has 0 aromatic rings. The highest BCUT2D eigenvalue weighted by Gasteiger charge is 2.61. The van der Waals surface area contributed by atoms with Gasteiger partial charge < -0.3 is 14.5 Å². The Labute approximate surface area is 150 Å². The van der Waals surface area contributed by atoms with Crippen molar-refractivity contribution in [3.63, 3.8) is 0 Å². The molecule has 0 aromatic heterocycles. The van der Waals surface area contributed by atoms with Gasteiger partial charge in [0.05, 0.1) is 7.11 Å². The van der Waals surface area contributed by atoms with Crippen molar-refractivity contribution in [1.29, 1.82) is 0 Å². The van der Waals surface area contributed by atoms with Crippen LogP contribution in [0.2, 0.25) is 0 Å². The molecule has 2 aliphatic carbocycles. The summed E-state index contributed by atoms with van der Waals surface area (Å²) in [4.78, 5) is 31.1. The quantitative estimate of drug-likeness (QED) is 0.774. The van der Waals surface area contributed by atoms with Crippen LogP contribution in [-0.4, -0.2) is 78.6 Å². The molecule has 2 saturated carbocycles. The average Bonchev–Trinajstić information content (AvgIpc) is 3.15. The number of carbonyl (C=O) groups excluding carboxylic acids is 2. The molecule has 6 nitrogen and oxygen atoms in total. The zero-order valence-corrected chi connectivity index (χ0v) is 15.7. The summed E-state index contributed by atoms with van der Waals surface area (Å²) in [5, 5.41) is 0. The molecule has 5 fully saturated rings. The number of piperidine rings is 3. The van der Waals surface area contributed by atoms with E-state index < -0.39 is 0 Å². The summed E-state index contributed by atoms with van der Waals surface area (Å²) in [6, 6.07) is 0.934. The second-order valence-corrected chi connectivity index (χ2v) is 8.23. The Kier molecular flexibility index (Phi) is 4.42. The first-order chi connectivity index (χ1) is 12.1. The molecule has 2 amide bonds. The molecule has 5 rings (SSSR count). The van der Waals surface area contributed by atoms with Crippen molar-refractivity contribution >= 4 is 12.0 Å². The first-order valence-electron chi connectivity index (χ1n) is 9.96. The van der Waals surface area contributed by atoms with Crippen LogP contribution in [0, 0.1) is 23.7 Å². The molecule has 0 N–H and O–H groups in total. The standard InChI is InChI=1S/C19H31N3O3/c1-4-20(5-2)18(23)17-14-10-21(11-15(14)17)16-8-13-7-6-12(16)9-22(13)19(24)25-3/h12-17H,4-11H2,1-3H3/t12?,13?,14-,15+,16?,17?. The van der Waals surface area contributed by atoms with Crippen LogP contribution in [0.15, 0.2) is 0 Å². The van der Waals surface area contributed by atoms with Gasteiger partial charge in [-0.05, 0) is 50.9 Å². The number of carbonyl (C=O) groups is 2. The molecule has 0 spiro atoms. The van der Waals surface area contributed by atoms with E-state index in [2.05, 4.69) is 18.7 Å². The van der Waals surface area contributed by atoms with Crippen LogP contribution in [0.25, 0.3) is 0 Å². The van der Waals surface area contributed by atoms with Crippen LogP contribution < -0.4 is 0 Å². The van der Waals surface area contributed by atoms with Gasteiger partial charge in [-0.3, -0.25) is 9.69 Å². The minimum atomic E-state index is -0.165. The van der Waals surface area contributed by atoms with Gasteiger partial charge >= 0.3 is 6.09 Å². The third-order valence-electron chi connectivity index (χ3n) is 7.26. The fraction of sp³-hybridized carbons (Fsp3) is 0.895. The van der Waals surface area contributed by atoms with Crippen molar-refractivity contribution in [2.45, 2.75) is 45.2 Å². The Morgan fingerprint density at radius 1 is 1.08 bits per heavy atom. The molecule has 0 radical (unpaired) electrons. The van der Waals surface area contributed by atoms with Gasteiger partial charge in [-0.2, -0.15) is 0 Å². The Morgan fingerprint density at radius 3 is 2.28 bits per heavy atom. The van der Waals surface area contributed by atoms with E-state index in [0.29, 0.717) is 35.7 Å². The summed E-state index contributed by atoms with van der Waals surface area (Å²) >= 11 is 0. The summed E-state index contributed by atoms with van der Waals surface area (Å²) in [5.41, 5.74) is 0. The van der Waals surface area contributed by atoms with Crippen molar-refractivity contribution in [1.82, 2.24) is 14.7 Å². The molecule has 2 bridgehead atoms. The maximum atomic E-state index is 12.6. The number of fused-ring (bicyclic) bond motifs is 4. The Morgan fingerprint density at radius 2 is 1.76 bits per heavy atom. The van der Waals surface area contributed by atoms with Crippen LogP contribution >= 0.6 is 0 Å². The highest BCUT2D eigenvalue weighted by molar-refractivity contribution is 5.82.